The maximum Gasteiger partial charge on any atom is 0.307 e. The van der Waals surface area contributed by atoms with Crippen molar-refractivity contribution in [2.45, 2.75) is 6.42 Å². The van der Waals surface area contributed by atoms with E-state index in [0.29, 0.717) is 0 Å². The van der Waals surface area contributed by atoms with Crippen LogP contribution in [0.25, 0.3) is 6.08 Å². The van der Waals surface area contributed by atoms with Gasteiger partial charge in [0.25, 0.3) is 5.69 Å². The molecule has 1 N–H and O–H groups in total. The normalized spacial score (nSPS) is 10.4. The number of hydrogen-bond acceptors (Lipinski definition) is 5. The van der Waals surface area contributed by atoms with Gasteiger partial charge in [0.1, 0.15) is 5.69 Å². The quantitative estimate of drug-likeness (QED) is 0.615. The first-order valence-corrected chi connectivity index (χ1v) is 4.62. The van der Waals surface area contributed by atoms with Crippen LogP contribution in [0.2, 0.25) is 0 Å². The number of hydrogen-bond donors (Lipinski definition) is 1. The van der Waals surface area contributed by atoms with Crippen LogP contribution in [0.5, 0.6) is 5.88 Å². The first kappa shape index (κ1) is 12.6. The Bertz CT molecular complexity index is 470. The molecule has 0 fully saturated rings. The Kier molecular flexibility index (Phi) is 4.15. The Labute approximate surface area is 96.5 Å². The number of methoxy groups -OCH3 is 1. The van der Waals surface area contributed by atoms with Gasteiger partial charge in [-0.1, -0.05) is 6.08 Å². The van der Waals surface area contributed by atoms with Crippen LogP contribution in [-0.2, 0) is 4.79 Å². The zero-order valence-electron chi connectivity index (χ0n) is 8.99. The molecule has 1 aromatic heterocycles. The van der Waals surface area contributed by atoms with E-state index in [2.05, 4.69) is 4.98 Å². The molecule has 0 saturated carbocycles. The SMILES string of the molecule is COc1ccc([N+](=O)[O-])c(C=CCC(=O)O)n1. The van der Waals surface area contributed by atoms with E-state index in [4.69, 9.17) is 9.84 Å². The lowest BCUT2D eigenvalue weighted by Gasteiger charge is -2.00. The van der Waals surface area contributed by atoms with Crippen molar-refractivity contribution < 1.29 is 19.6 Å². The van der Waals surface area contributed by atoms with Crippen molar-refractivity contribution in [1.29, 1.82) is 0 Å². The highest BCUT2D eigenvalue weighted by Gasteiger charge is 2.13. The molecular formula is C10H10N2O5. The molecule has 17 heavy (non-hydrogen) atoms. The minimum absolute atomic E-state index is 0.0654. The van der Waals surface area contributed by atoms with Crippen molar-refractivity contribution >= 4 is 17.7 Å². The maximum absolute atomic E-state index is 10.7. The fraction of sp³-hybridized carbons (Fsp3) is 0.200. The van der Waals surface area contributed by atoms with Crippen LogP contribution in [0.3, 0.4) is 0 Å². The number of nitrogens with zero attached hydrogens (tertiary/aromatic N) is 2. The smallest absolute Gasteiger partial charge is 0.307 e. The summed E-state index contributed by atoms with van der Waals surface area (Å²) in [6.45, 7) is 0. The van der Waals surface area contributed by atoms with E-state index < -0.39 is 10.9 Å². The monoisotopic (exact) mass is 238 g/mol. The average molecular weight is 238 g/mol. The number of ether oxygens (including phenoxy) is 1. The summed E-state index contributed by atoms with van der Waals surface area (Å²) in [5.74, 6) is -0.794. The molecule has 90 valence electrons. The highest BCUT2D eigenvalue weighted by Crippen LogP contribution is 2.21. The summed E-state index contributed by atoms with van der Waals surface area (Å²) in [6, 6.07) is 2.62. The molecule has 0 aliphatic rings. The molecule has 0 saturated heterocycles. The van der Waals surface area contributed by atoms with E-state index >= 15 is 0 Å². The van der Waals surface area contributed by atoms with Crippen molar-refractivity contribution in [2.24, 2.45) is 0 Å². The van der Waals surface area contributed by atoms with Gasteiger partial charge in [-0.25, -0.2) is 4.98 Å². The predicted molar refractivity (Wildman–Crippen MR) is 58.7 cm³/mol. The van der Waals surface area contributed by atoms with E-state index in [1.807, 2.05) is 0 Å². The molecule has 0 atom stereocenters. The molecule has 1 aromatic rings. The van der Waals surface area contributed by atoms with Crippen LogP contribution < -0.4 is 4.74 Å². The van der Waals surface area contributed by atoms with Crippen molar-refractivity contribution in [3.63, 3.8) is 0 Å². The summed E-state index contributed by atoms with van der Waals surface area (Å²) in [7, 11) is 1.39. The minimum Gasteiger partial charge on any atom is -0.481 e. The number of aliphatic carboxylic acids is 1. The van der Waals surface area contributed by atoms with Gasteiger partial charge in [0, 0.05) is 12.1 Å². The van der Waals surface area contributed by atoms with Gasteiger partial charge in [0.05, 0.1) is 18.5 Å². The maximum atomic E-state index is 10.7. The molecule has 7 nitrogen and oxygen atoms in total. The molecule has 0 aliphatic heterocycles. The summed E-state index contributed by atoms with van der Waals surface area (Å²) >= 11 is 0. The number of carboxylic acid groups (broad SMARTS) is 1. The largest absolute Gasteiger partial charge is 0.481 e. The molecule has 1 rings (SSSR count). The number of carboxylic acids is 1. The summed E-state index contributed by atoms with van der Waals surface area (Å²) in [5, 5.41) is 19.1. The van der Waals surface area contributed by atoms with E-state index in [1.165, 1.54) is 31.4 Å². The van der Waals surface area contributed by atoms with Gasteiger partial charge in [-0.05, 0) is 6.08 Å². The van der Waals surface area contributed by atoms with Crippen LogP contribution in [0.15, 0.2) is 18.2 Å². The van der Waals surface area contributed by atoms with E-state index in [0.717, 1.165) is 0 Å². The van der Waals surface area contributed by atoms with Crippen molar-refractivity contribution in [2.75, 3.05) is 7.11 Å². The van der Waals surface area contributed by atoms with Gasteiger partial charge < -0.3 is 9.84 Å². The number of aromatic nitrogens is 1. The van der Waals surface area contributed by atoms with Crippen LogP contribution in [0.4, 0.5) is 5.69 Å². The summed E-state index contributed by atoms with van der Waals surface area (Å²) in [6.07, 6.45) is 2.35. The number of pyridine rings is 1. The second-order valence-corrected chi connectivity index (χ2v) is 3.02. The standard InChI is InChI=1S/C10H10N2O5/c1-17-9-6-5-8(12(15)16)7(11-9)3-2-4-10(13)14/h2-3,5-6H,4H2,1H3,(H,13,14). The first-order chi connectivity index (χ1) is 8.04. The number of rotatable bonds is 5. The van der Waals surface area contributed by atoms with Crippen molar-refractivity contribution in [1.82, 2.24) is 4.98 Å². The fourth-order valence-electron chi connectivity index (χ4n) is 1.11. The Balaban J connectivity index is 3.04. The molecule has 0 bridgehead atoms. The van der Waals surface area contributed by atoms with Crippen LogP contribution in [-0.4, -0.2) is 28.1 Å². The zero-order chi connectivity index (χ0) is 12.8. The van der Waals surface area contributed by atoms with E-state index in [-0.39, 0.29) is 23.7 Å². The van der Waals surface area contributed by atoms with Crippen molar-refractivity contribution in [3.8, 4) is 5.88 Å². The fourth-order valence-corrected chi connectivity index (χ4v) is 1.11. The third kappa shape index (κ3) is 3.56. The lowest BCUT2D eigenvalue weighted by atomic mass is 10.2. The molecule has 0 aromatic carbocycles. The van der Waals surface area contributed by atoms with Crippen LogP contribution >= 0.6 is 0 Å². The highest BCUT2D eigenvalue weighted by molar-refractivity contribution is 5.71. The topological polar surface area (TPSA) is 103 Å². The molecule has 0 radical (unpaired) electrons. The third-order valence-corrected chi connectivity index (χ3v) is 1.85. The molecule has 0 unspecified atom stereocenters. The average Bonchev–Trinajstić information content (AvgIpc) is 2.28. The first-order valence-electron chi connectivity index (χ1n) is 4.62. The summed E-state index contributed by atoms with van der Waals surface area (Å²) in [5.41, 5.74) is -0.136. The van der Waals surface area contributed by atoms with Crippen LogP contribution in [0, 0.1) is 10.1 Å². The molecule has 7 heteroatoms. The van der Waals surface area contributed by atoms with Crippen LogP contribution in [0.1, 0.15) is 12.1 Å². The highest BCUT2D eigenvalue weighted by atomic mass is 16.6. The Morgan fingerprint density at radius 1 is 1.65 bits per heavy atom. The zero-order valence-corrected chi connectivity index (χ0v) is 8.99. The Morgan fingerprint density at radius 3 is 2.88 bits per heavy atom. The molecule has 1 heterocycles. The molecule has 0 amide bonds. The summed E-state index contributed by atoms with van der Waals surface area (Å²) < 4.78 is 4.83. The molecule has 0 spiro atoms. The molecular weight excluding hydrogens is 228 g/mol. The van der Waals surface area contributed by atoms with Gasteiger partial charge in [0.2, 0.25) is 5.88 Å². The predicted octanol–water partition coefficient (Wildman–Crippen LogP) is 1.49. The van der Waals surface area contributed by atoms with Gasteiger partial charge in [-0.15, -0.1) is 0 Å². The number of nitro groups is 1. The van der Waals surface area contributed by atoms with Gasteiger partial charge in [0.15, 0.2) is 0 Å². The third-order valence-electron chi connectivity index (χ3n) is 1.85. The van der Waals surface area contributed by atoms with Crippen molar-refractivity contribution in [3.05, 3.63) is 34.0 Å². The van der Waals surface area contributed by atoms with Gasteiger partial charge in [-0.2, -0.15) is 0 Å². The second kappa shape index (κ2) is 5.59. The lowest BCUT2D eigenvalue weighted by Crippen LogP contribution is -1.97. The Hall–Kier alpha value is -2.44. The second-order valence-electron chi connectivity index (χ2n) is 3.02. The summed E-state index contributed by atoms with van der Waals surface area (Å²) in [4.78, 5) is 24.3. The van der Waals surface area contributed by atoms with Gasteiger partial charge >= 0.3 is 5.97 Å². The lowest BCUT2D eigenvalue weighted by molar-refractivity contribution is -0.385. The van der Waals surface area contributed by atoms with E-state index in [9.17, 15) is 14.9 Å². The minimum atomic E-state index is -1.02. The Morgan fingerprint density at radius 2 is 2.35 bits per heavy atom. The van der Waals surface area contributed by atoms with Gasteiger partial charge in [-0.3, -0.25) is 14.9 Å². The number of carbonyl (C=O) groups is 1. The molecule has 0 aliphatic carbocycles. The van der Waals surface area contributed by atoms with E-state index in [1.54, 1.807) is 0 Å².